The molecule has 136 valence electrons. The molecule has 2 rings (SSSR count). The zero-order valence-corrected chi connectivity index (χ0v) is 15.9. The average Bonchev–Trinajstić information content (AvgIpc) is 2.58. The predicted octanol–water partition coefficient (Wildman–Crippen LogP) is 3.50. The zero-order valence-electron chi connectivity index (χ0n) is 12.8. The van der Waals surface area contributed by atoms with Crippen LogP contribution < -0.4 is 15.6 Å². The van der Waals surface area contributed by atoms with Gasteiger partial charge in [-0.1, -0.05) is 23.2 Å². The van der Waals surface area contributed by atoms with Crippen molar-refractivity contribution in [3.05, 3.63) is 66.6 Å². The summed E-state index contributed by atoms with van der Waals surface area (Å²) in [4.78, 5) is 33.6. The number of nitrogens with zero attached hydrogens (tertiary/aromatic N) is 1. The number of hydrogen-bond donors (Lipinski definition) is 2. The van der Waals surface area contributed by atoms with Crippen LogP contribution in [0.1, 0.15) is 10.4 Å². The Morgan fingerprint density at radius 2 is 1.81 bits per heavy atom. The van der Waals surface area contributed by atoms with E-state index in [-0.39, 0.29) is 22.0 Å². The fourth-order valence-corrected chi connectivity index (χ4v) is 3.14. The summed E-state index contributed by atoms with van der Waals surface area (Å²) in [6, 6.07) is 7.90. The number of ether oxygens (including phenoxy) is 1. The number of nitrogens with one attached hydrogen (secondary N) is 2. The Bertz CT molecular complexity index is 838. The molecule has 0 aromatic heterocycles. The summed E-state index contributed by atoms with van der Waals surface area (Å²) >= 11 is 15.0. The molecule has 0 aliphatic rings. The predicted molar refractivity (Wildman–Crippen MR) is 98.4 cm³/mol. The van der Waals surface area contributed by atoms with Crippen molar-refractivity contribution in [2.75, 3.05) is 6.61 Å². The van der Waals surface area contributed by atoms with Crippen molar-refractivity contribution in [3.8, 4) is 5.75 Å². The molecule has 0 atom stereocenters. The molecule has 0 bridgehead atoms. The van der Waals surface area contributed by atoms with E-state index in [2.05, 4.69) is 26.8 Å². The van der Waals surface area contributed by atoms with Gasteiger partial charge in [0, 0.05) is 22.7 Å². The first-order valence-electron chi connectivity index (χ1n) is 6.89. The topological polar surface area (TPSA) is 111 Å². The maximum absolute atomic E-state index is 11.9. The highest BCUT2D eigenvalue weighted by molar-refractivity contribution is 9.10. The van der Waals surface area contributed by atoms with E-state index in [1.54, 1.807) is 6.07 Å². The lowest BCUT2D eigenvalue weighted by atomic mass is 10.2. The minimum atomic E-state index is -0.641. The van der Waals surface area contributed by atoms with E-state index in [9.17, 15) is 19.7 Å². The van der Waals surface area contributed by atoms with Gasteiger partial charge in [-0.15, -0.1) is 0 Å². The second-order valence-corrected chi connectivity index (χ2v) is 6.49. The molecule has 11 heteroatoms. The van der Waals surface area contributed by atoms with Crippen LogP contribution in [0.2, 0.25) is 10.0 Å². The summed E-state index contributed by atoms with van der Waals surface area (Å²) in [6.45, 7) is -0.416. The van der Waals surface area contributed by atoms with Gasteiger partial charge in [-0.3, -0.25) is 30.6 Å². The SMILES string of the molecule is O=C(COc1c(Cl)cc(Cl)cc1Br)NNC(=O)c1ccc([N+](=O)[O-])cc1. The van der Waals surface area contributed by atoms with E-state index in [0.29, 0.717) is 9.50 Å². The summed E-state index contributed by atoms with van der Waals surface area (Å²) < 4.78 is 5.76. The van der Waals surface area contributed by atoms with E-state index in [1.807, 2.05) is 0 Å². The first-order valence-corrected chi connectivity index (χ1v) is 8.44. The van der Waals surface area contributed by atoms with E-state index in [0.717, 1.165) is 0 Å². The van der Waals surface area contributed by atoms with Gasteiger partial charge in [0.1, 0.15) is 0 Å². The van der Waals surface area contributed by atoms with Crippen LogP contribution in [-0.2, 0) is 4.79 Å². The van der Waals surface area contributed by atoms with E-state index in [1.165, 1.54) is 30.3 Å². The van der Waals surface area contributed by atoms with Crippen molar-refractivity contribution in [2.24, 2.45) is 0 Å². The molecule has 8 nitrogen and oxygen atoms in total. The lowest BCUT2D eigenvalue weighted by molar-refractivity contribution is -0.384. The first kappa shape index (κ1) is 20.0. The number of amides is 2. The van der Waals surface area contributed by atoms with Crippen LogP contribution in [0.3, 0.4) is 0 Å². The van der Waals surface area contributed by atoms with Crippen LogP contribution in [-0.4, -0.2) is 23.3 Å². The Morgan fingerprint density at radius 3 is 2.38 bits per heavy atom. The Labute approximate surface area is 165 Å². The normalized spacial score (nSPS) is 10.1. The lowest BCUT2D eigenvalue weighted by Gasteiger charge is -2.11. The maximum atomic E-state index is 11.9. The van der Waals surface area contributed by atoms with Gasteiger partial charge in [-0.25, -0.2) is 0 Å². The van der Waals surface area contributed by atoms with Crippen LogP contribution >= 0.6 is 39.1 Å². The summed E-state index contributed by atoms with van der Waals surface area (Å²) in [5, 5.41) is 11.2. The summed E-state index contributed by atoms with van der Waals surface area (Å²) in [5.41, 5.74) is 4.32. The molecule has 2 amide bonds. The Kier molecular flexibility index (Phi) is 6.78. The molecule has 0 aliphatic carbocycles. The molecule has 0 unspecified atom stereocenters. The molecule has 0 fully saturated rings. The molecular weight excluding hydrogens is 453 g/mol. The van der Waals surface area contributed by atoms with Crippen molar-refractivity contribution in [2.45, 2.75) is 0 Å². The van der Waals surface area contributed by atoms with Crippen LogP contribution in [0.4, 0.5) is 5.69 Å². The third kappa shape index (κ3) is 5.32. The fourth-order valence-electron chi connectivity index (χ4n) is 1.77. The van der Waals surface area contributed by atoms with E-state index >= 15 is 0 Å². The molecule has 26 heavy (non-hydrogen) atoms. The molecule has 0 aliphatic heterocycles. The largest absolute Gasteiger partial charge is 0.481 e. The van der Waals surface area contributed by atoms with Gasteiger partial charge in [0.15, 0.2) is 12.4 Å². The van der Waals surface area contributed by atoms with Crippen LogP contribution in [0.25, 0.3) is 0 Å². The first-order chi connectivity index (χ1) is 12.3. The third-order valence-corrected chi connectivity index (χ3v) is 4.05. The highest BCUT2D eigenvalue weighted by atomic mass is 79.9. The number of hydrazine groups is 1. The van der Waals surface area contributed by atoms with Crippen molar-refractivity contribution in [3.63, 3.8) is 0 Å². The smallest absolute Gasteiger partial charge is 0.276 e. The number of nitro benzene ring substituents is 1. The van der Waals surface area contributed by atoms with Gasteiger partial charge in [0.2, 0.25) is 0 Å². The molecule has 0 spiro atoms. The highest BCUT2D eigenvalue weighted by Gasteiger charge is 2.13. The number of carbonyl (C=O) groups excluding carboxylic acids is 2. The molecule has 0 heterocycles. The number of rotatable bonds is 5. The maximum Gasteiger partial charge on any atom is 0.276 e. The van der Waals surface area contributed by atoms with Crippen molar-refractivity contribution < 1.29 is 19.2 Å². The molecule has 2 aromatic carbocycles. The summed E-state index contributed by atoms with van der Waals surface area (Å²) in [5.74, 6) is -1.05. The van der Waals surface area contributed by atoms with Crippen molar-refractivity contribution >= 4 is 56.6 Å². The van der Waals surface area contributed by atoms with Gasteiger partial charge in [0.25, 0.3) is 17.5 Å². The number of carbonyl (C=O) groups is 2. The van der Waals surface area contributed by atoms with Gasteiger partial charge in [-0.05, 0) is 40.2 Å². The average molecular weight is 463 g/mol. The minimum absolute atomic E-state index is 0.139. The Morgan fingerprint density at radius 1 is 1.15 bits per heavy atom. The number of nitro groups is 1. The molecule has 2 N–H and O–H groups in total. The molecule has 2 aromatic rings. The number of hydrogen-bond acceptors (Lipinski definition) is 5. The molecule has 0 radical (unpaired) electrons. The van der Waals surface area contributed by atoms with Gasteiger partial charge < -0.3 is 4.74 Å². The van der Waals surface area contributed by atoms with E-state index < -0.39 is 23.3 Å². The van der Waals surface area contributed by atoms with Crippen LogP contribution in [0.15, 0.2) is 40.9 Å². The van der Waals surface area contributed by atoms with Gasteiger partial charge >= 0.3 is 0 Å². The minimum Gasteiger partial charge on any atom is -0.481 e. The second-order valence-electron chi connectivity index (χ2n) is 4.79. The van der Waals surface area contributed by atoms with Gasteiger partial charge in [-0.2, -0.15) is 0 Å². The van der Waals surface area contributed by atoms with Crippen molar-refractivity contribution in [1.29, 1.82) is 0 Å². The number of non-ortho nitro benzene ring substituents is 1. The monoisotopic (exact) mass is 461 g/mol. The zero-order chi connectivity index (χ0) is 19.3. The fraction of sp³-hybridized carbons (Fsp3) is 0.0667. The number of halogens is 3. The second kappa shape index (κ2) is 8.84. The summed E-state index contributed by atoms with van der Waals surface area (Å²) in [6.07, 6.45) is 0. The van der Waals surface area contributed by atoms with Crippen molar-refractivity contribution in [1.82, 2.24) is 10.9 Å². The lowest BCUT2D eigenvalue weighted by Crippen LogP contribution is -2.43. The highest BCUT2D eigenvalue weighted by Crippen LogP contribution is 2.35. The molecule has 0 saturated carbocycles. The third-order valence-electron chi connectivity index (χ3n) is 2.97. The van der Waals surface area contributed by atoms with Gasteiger partial charge in [0.05, 0.1) is 14.4 Å². The number of benzene rings is 2. The molecular formula is C15H10BrCl2N3O5. The Hall–Kier alpha value is -2.36. The molecule has 0 saturated heterocycles. The van der Waals surface area contributed by atoms with Crippen LogP contribution in [0.5, 0.6) is 5.75 Å². The van der Waals surface area contributed by atoms with E-state index in [4.69, 9.17) is 27.9 Å². The quantitative estimate of drug-likeness (QED) is 0.521. The standard InChI is InChI=1S/C15H10BrCl2N3O5/c16-11-5-9(17)6-12(18)14(11)26-7-13(22)19-20-15(23)8-1-3-10(4-2-8)21(24)25/h1-6H,7H2,(H,19,22)(H,20,23). The van der Waals surface area contributed by atoms with Crippen LogP contribution in [0, 0.1) is 10.1 Å². The summed E-state index contributed by atoms with van der Waals surface area (Å²) in [7, 11) is 0. The Balaban J connectivity index is 1.87.